The van der Waals surface area contributed by atoms with Gasteiger partial charge in [-0.15, -0.1) is 0 Å². The molecule has 2 unspecified atom stereocenters. The molecule has 0 radical (unpaired) electrons. The molecule has 3 aromatic rings. The lowest BCUT2D eigenvalue weighted by Gasteiger charge is -2.23. The summed E-state index contributed by atoms with van der Waals surface area (Å²) in [6, 6.07) is 26.0. The third-order valence-electron chi connectivity index (χ3n) is 4.11. The van der Waals surface area contributed by atoms with E-state index in [4.69, 9.17) is 0 Å². The predicted octanol–water partition coefficient (Wildman–Crippen LogP) is 4.89. The van der Waals surface area contributed by atoms with Crippen LogP contribution in [-0.4, -0.2) is 18.1 Å². The minimum absolute atomic E-state index is 0.195. The van der Waals surface area contributed by atoms with E-state index in [0.29, 0.717) is 11.1 Å². The largest absolute Gasteiger partial charge is 0.293 e. The van der Waals surface area contributed by atoms with Crippen molar-refractivity contribution in [3.63, 3.8) is 0 Å². The minimum atomic E-state index is -3.73. The van der Waals surface area contributed by atoms with Gasteiger partial charge in [0.2, 0.25) is 0 Å². The van der Waals surface area contributed by atoms with Gasteiger partial charge in [-0.1, -0.05) is 101 Å². The Hall–Kier alpha value is -1.99. The number of sulfone groups is 1. The summed E-state index contributed by atoms with van der Waals surface area (Å²) in [5, 5.41) is -0.959. The third kappa shape index (κ3) is 3.88. The van der Waals surface area contributed by atoms with Gasteiger partial charge < -0.3 is 0 Å². The topological polar surface area (TPSA) is 51.2 Å². The average Bonchev–Trinajstić information content (AvgIpc) is 2.69. The summed E-state index contributed by atoms with van der Waals surface area (Å²) >= 11 is 1.96. The molecule has 0 heterocycles. The van der Waals surface area contributed by atoms with Gasteiger partial charge in [0.1, 0.15) is 5.25 Å². The maximum Gasteiger partial charge on any atom is 0.186 e. The lowest BCUT2D eigenvalue weighted by atomic mass is 10.0. The Morgan fingerprint density at radius 3 is 1.73 bits per heavy atom. The molecule has 2 atom stereocenters. The zero-order chi connectivity index (χ0) is 18.6. The van der Waals surface area contributed by atoms with Gasteiger partial charge in [0.05, 0.1) is 8.82 Å². The van der Waals surface area contributed by atoms with Crippen LogP contribution in [-0.2, 0) is 9.84 Å². The van der Waals surface area contributed by atoms with E-state index < -0.39 is 19.0 Å². The lowest BCUT2D eigenvalue weighted by Crippen LogP contribution is -2.29. The van der Waals surface area contributed by atoms with Crippen LogP contribution in [0.1, 0.15) is 21.2 Å². The average molecular weight is 476 g/mol. The van der Waals surface area contributed by atoms with Gasteiger partial charge in [0.25, 0.3) is 0 Å². The molecule has 0 spiro atoms. The molecule has 0 bridgehead atoms. The number of rotatable bonds is 6. The van der Waals surface area contributed by atoms with Crippen LogP contribution in [0.25, 0.3) is 0 Å². The Kier molecular flexibility index (Phi) is 5.88. The molecule has 0 saturated heterocycles. The number of hydrogen-bond donors (Lipinski definition) is 0. The van der Waals surface area contributed by atoms with E-state index in [0.717, 1.165) is 0 Å². The van der Waals surface area contributed by atoms with Crippen LogP contribution in [0.2, 0.25) is 0 Å². The summed E-state index contributed by atoms with van der Waals surface area (Å²) in [5.74, 6) is -0.195. The fourth-order valence-corrected chi connectivity index (χ4v) is 6.52. The van der Waals surface area contributed by atoms with Crippen molar-refractivity contribution in [2.24, 2.45) is 0 Å². The first-order valence-electron chi connectivity index (χ1n) is 8.09. The van der Waals surface area contributed by atoms with Crippen molar-refractivity contribution in [3.05, 3.63) is 102 Å². The van der Waals surface area contributed by atoms with Crippen molar-refractivity contribution in [1.29, 1.82) is 0 Å². The zero-order valence-corrected chi connectivity index (χ0v) is 16.8. The molecule has 0 amide bonds. The number of halogens is 1. The first-order valence-corrected chi connectivity index (χ1v) is 10.9. The SMILES string of the molecule is O=C(c1ccccc1)C(I)C(c1ccccc1)S(=O)(=O)c1ccccc1. The molecule has 3 nitrogen and oxygen atoms in total. The van der Waals surface area contributed by atoms with E-state index in [9.17, 15) is 13.2 Å². The molecule has 0 aliphatic rings. The molecule has 5 heteroatoms. The summed E-state index contributed by atoms with van der Waals surface area (Å²) in [5.41, 5.74) is 1.12. The predicted molar refractivity (Wildman–Crippen MR) is 111 cm³/mol. The first-order chi connectivity index (χ1) is 12.5. The molecule has 3 rings (SSSR count). The number of hydrogen-bond acceptors (Lipinski definition) is 3. The van der Waals surface area contributed by atoms with Gasteiger partial charge in [0.15, 0.2) is 15.6 Å². The summed E-state index contributed by atoms with van der Waals surface area (Å²) < 4.78 is 26.0. The number of Topliss-reactive ketones (excluding diaryl/α,β-unsaturated/α-hetero) is 1. The van der Waals surface area contributed by atoms with Gasteiger partial charge in [-0.2, -0.15) is 0 Å². The second-order valence-corrected chi connectivity index (χ2v) is 9.23. The van der Waals surface area contributed by atoms with Crippen LogP contribution >= 0.6 is 22.6 Å². The number of ketones is 1. The Morgan fingerprint density at radius 2 is 1.19 bits per heavy atom. The van der Waals surface area contributed by atoms with Gasteiger partial charge in [-0.05, 0) is 17.7 Å². The second kappa shape index (κ2) is 8.14. The van der Waals surface area contributed by atoms with Crippen molar-refractivity contribution < 1.29 is 13.2 Å². The smallest absolute Gasteiger partial charge is 0.186 e. The highest BCUT2D eigenvalue weighted by Gasteiger charge is 2.38. The van der Waals surface area contributed by atoms with Gasteiger partial charge in [-0.3, -0.25) is 4.79 Å². The summed E-state index contributed by atoms with van der Waals surface area (Å²) in [4.78, 5) is 13.2. The van der Waals surface area contributed by atoms with Gasteiger partial charge in [0, 0.05) is 5.56 Å². The Labute approximate surface area is 167 Å². The van der Waals surface area contributed by atoms with Crippen LogP contribution in [0, 0.1) is 0 Å². The molecule has 0 fully saturated rings. The van der Waals surface area contributed by atoms with Crippen molar-refractivity contribution in [3.8, 4) is 0 Å². The van der Waals surface area contributed by atoms with E-state index in [1.165, 1.54) is 0 Å². The second-order valence-electron chi connectivity index (χ2n) is 5.82. The fourth-order valence-electron chi connectivity index (χ4n) is 2.80. The Balaban J connectivity index is 2.09. The standard InChI is InChI=1S/C21H17IO3S/c22-19(20(23)16-10-4-1-5-11-16)21(17-12-6-2-7-13-17)26(24,25)18-14-8-3-9-15-18/h1-15,19,21H. The highest BCUT2D eigenvalue weighted by Crippen LogP contribution is 2.37. The lowest BCUT2D eigenvalue weighted by molar-refractivity contribution is 0.0992. The fraction of sp³-hybridized carbons (Fsp3) is 0.0952. The Morgan fingerprint density at radius 1 is 0.731 bits per heavy atom. The molecule has 132 valence electrons. The highest BCUT2D eigenvalue weighted by molar-refractivity contribution is 14.1. The molecule has 3 aromatic carbocycles. The quantitative estimate of drug-likeness (QED) is 0.289. The van der Waals surface area contributed by atoms with Gasteiger partial charge >= 0.3 is 0 Å². The summed E-state index contributed by atoms with van der Waals surface area (Å²) in [6.45, 7) is 0. The Bertz CT molecular complexity index is 972. The van der Waals surface area contributed by atoms with E-state index in [2.05, 4.69) is 0 Å². The molecular formula is C21H17IO3S. The third-order valence-corrected chi connectivity index (χ3v) is 8.02. The van der Waals surface area contributed by atoms with E-state index in [-0.39, 0.29) is 10.7 Å². The number of alkyl halides is 1. The number of benzene rings is 3. The normalized spacial score (nSPS) is 13.7. The van der Waals surface area contributed by atoms with Crippen molar-refractivity contribution in [2.45, 2.75) is 14.1 Å². The van der Waals surface area contributed by atoms with E-state index in [1.54, 1.807) is 78.9 Å². The van der Waals surface area contributed by atoms with Crippen LogP contribution in [0.5, 0.6) is 0 Å². The highest BCUT2D eigenvalue weighted by atomic mass is 127. The number of carbonyl (C=O) groups is 1. The van der Waals surface area contributed by atoms with E-state index >= 15 is 0 Å². The van der Waals surface area contributed by atoms with Crippen molar-refractivity contribution in [2.75, 3.05) is 0 Å². The maximum atomic E-state index is 13.4. The van der Waals surface area contributed by atoms with Crippen LogP contribution in [0.3, 0.4) is 0 Å². The molecule has 0 aliphatic heterocycles. The maximum absolute atomic E-state index is 13.4. The molecule has 0 saturated carbocycles. The van der Waals surface area contributed by atoms with Gasteiger partial charge in [-0.25, -0.2) is 8.42 Å². The van der Waals surface area contributed by atoms with Crippen LogP contribution < -0.4 is 0 Å². The zero-order valence-electron chi connectivity index (χ0n) is 13.8. The first kappa shape index (κ1) is 18.8. The summed E-state index contributed by atoms with van der Waals surface area (Å²) in [7, 11) is -3.73. The van der Waals surface area contributed by atoms with Crippen molar-refractivity contribution >= 4 is 38.2 Å². The van der Waals surface area contributed by atoms with E-state index in [1.807, 2.05) is 34.7 Å². The molecule has 26 heavy (non-hydrogen) atoms. The number of carbonyl (C=O) groups excluding carboxylic acids is 1. The summed E-state index contributed by atoms with van der Waals surface area (Å²) in [6.07, 6.45) is 0. The molecule has 0 aliphatic carbocycles. The monoisotopic (exact) mass is 476 g/mol. The molecule has 0 aromatic heterocycles. The minimum Gasteiger partial charge on any atom is -0.293 e. The van der Waals surface area contributed by atoms with Crippen molar-refractivity contribution in [1.82, 2.24) is 0 Å². The van der Waals surface area contributed by atoms with Crippen LogP contribution in [0.15, 0.2) is 95.9 Å². The van der Waals surface area contributed by atoms with Crippen LogP contribution in [0.4, 0.5) is 0 Å². The molecule has 0 N–H and O–H groups in total. The molecular weight excluding hydrogens is 459 g/mol.